The monoisotopic (exact) mass is 600 g/mol. The summed E-state index contributed by atoms with van der Waals surface area (Å²) in [6.07, 6.45) is -2.44. The second-order valence-electron chi connectivity index (χ2n) is 11.5. The lowest BCUT2D eigenvalue weighted by molar-refractivity contribution is -0.154. The first-order chi connectivity index (χ1) is 20.5. The molecule has 4 aliphatic rings. The van der Waals surface area contributed by atoms with E-state index in [9.17, 15) is 18.0 Å². The molecular weight excluding hydrogens is 561 g/mol. The van der Waals surface area contributed by atoms with Crippen molar-refractivity contribution in [3.05, 3.63) is 71.0 Å². The van der Waals surface area contributed by atoms with Gasteiger partial charge in [0, 0.05) is 38.2 Å². The van der Waals surface area contributed by atoms with Crippen LogP contribution < -0.4 is 20.1 Å². The van der Waals surface area contributed by atoms with Gasteiger partial charge in [0.2, 0.25) is 5.95 Å². The van der Waals surface area contributed by atoms with Gasteiger partial charge in [-0.25, -0.2) is 0 Å². The lowest BCUT2D eigenvalue weighted by Crippen LogP contribution is -2.43. The summed E-state index contributed by atoms with van der Waals surface area (Å²) < 4.78 is 49.2. The maximum Gasteiger partial charge on any atom is 0.422 e. The Morgan fingerprint density at radius 3 is 2.42 bits per heavy atom. The van der Waals surface area contributed by atoms with E-state index in [-0.39, 0.29) is 29.5 Å². The molecule has 9 nitrogen and oxygen atoms in total. The van der Waals surface area contributed by atoms with Crippen LogP contribution in [0.25, 0.3) is 0 Å². The van der Waals surface area contributed by atoms with Crippen molar-refractivity contribution in [3.63, 3.8) is 0 Å². The van der Waals surface area contributed by atoms with Crippen LogP contribution in [0.4, 0.5) is 19.1 Å². The number of aromatic nitrogens is 3. The number of rotatable bonds is 4. The van der Waals surface area contributed by atoms with Gasteiger partial charge in [0.25, 0.3) is 5.91 Å². The molecule has 0 fully saturated rings. The average Bonchev–Trinajstić information content (AvgIpc) is 2.96. The van der Waals surface area contributed by atoms with Crippen molar-refractivity contribution in [2.24, 2.45) is 5.41 Å². The van der Waals surface area contributed by atoms with Gasteiger partial charge in [-0.05, 0) is 60.2 Å². The smallest absolute Gasteiger partial charge is 0.422 e. The molecule has 2 aromatic carbocycles. The fraction of sp³-hybridized carbons (Fsp3) is 0.484. The fourth-order valence-corrected chi connectivity index (χ4v) is 4.76. The zero-order chi connectivity index (χ0) is 30.9. The number of hydrogen-bond acceptors (Lipinski definition) is 8. The molecule has 4 aliphatic heterocycles. The number of carbonyl (C=O) groups excluding carboxylic acids is 1. The Kier molecular flexibility index (Phi) is 10.8. The topological polar surface area (TPSA) is 102 Å². The minimum atomic E-state index is -4.54. The van der Waals surface area contributed by atoms with Crippen LogP contribution in [-0.2, 0) is 13.0 Å². The Balaban J connectivity index is 1.57. The molecule has 0 atom stereocenters. The Morgan fingerprint density at radius 1 is 1.00 bits per heavy atom. The standard InChI is InChI=1S/C31H39F3N6O3/c1-4-14-40-15-5-16-42-25-12-8-23(9-13-25)18-35-28-37-26(38-29(39-28)43-21-31(32,33)34)17-22-6-10-24(11-7-22)27(41)36-19-30(2,3)20-40/h6-13H,4-5,14-21H2,1-3H3,(H,36,41)(H,35,37,38,39). The van der Waals surface area contributed by atoms with Crippen molar-refractivity contribution in [1.29, 1.82) is 0 Å². The summed E-state index contributed by atoms with van der Waals surface area (Å²) in [7, 11) is 0. The normalized spacial score (nSPS) is 16.9. The molecule has 0 radical (unpaired) electrons. The molecule has 3 aromatic rings. The largest absolute Gasteiger partial charge is 0.494 e. The van der Waals surface area contributed by atoms with Crippen LogP contribution in [-0.4, -0.2) is 71.3 Å². The van der Waals surface area contributed by atoms with Crippen LogP contribution in [0.3, 0.4) is 0 Å². The number of ether oxygens (including phenoxy) is 2. The number of halogens is 3. The van der Waals surface area contributed by atoms with Crippen molar-refractivity contribution < 1.29 is 27.4 Å². The Morgan fingerprint density at radius 2 is 1.72 bits per heavy atom. The van der Waals surface area contributed by atoms with Gasteiger partial charge in [0.1, 0.15) is 11.6 Å². The molecule has 0 aliphatic carbocycles. The predicted molar refractivity (Wildman–Crippen MR) is 157 cm³/mol. The molecule has 6 bridgehead atoms. The summed E-state index contributed by atoms with van der Waals surface area (Å²) in [5.41, 5.74) is 2.04. The zero-order valence-corrected chi connectivity index (χ0v) is 24.8. The van der Waals surface area contributed by atoms with Crippen molar-refractivity contribution in [1.82, 2.24) is 25.2 Å². The third kappa shape index (κ3) is 10.7. The minimum absolute atomic E-state index is 0.0900. The molecule has 1 aromatic heterocycles. The quantitative estimate of drug-likeness (QED) is 0.418. The third-order valence-corrected chi connectivity index (χ3v) is 6.78. The first kappa shape index (κ1) is 32.0. The summed E-state index contributed by atoms with van der Waals surface area (Å²) in [4.78, 5) is 27.8. The van der Waals surface area contributed by atoms with Gasteiger partial charge >= 0.3 is 12.2 Å². The number of anilines is 1. The number of amides is 1. The van der Waals surface area contributed by atoms with Gasteiger partial charge in [0.15, 0.2) is 6.61 Å². The molecule has 0 unspecified atom stereocenters. The Bertz CT molecular complexity index is 1330. The highest BCUT2D eigenvalue weighted by Crippen LogP contribution is 2.20. The predicted octanol–water partition coefficient (Wildman–Crippen LogP) is 5.27. The average molecular weight is 601 g/mol. The number of benzene rings is 2. The number of nitrogens with one attached hydrogen (secondary N) is 2. The van der Waals surface area contributed by atoms with E-state index in [0.29, 0.717) is 25.3 Å². The van der Waals surface area contributed by atoms with E-state index in [1.807, 2.05) is 24.3 Å². The van der Waals surface area contributed by atoms with Gasteiger partial charge in [-0.2, -0.15) is 28.1 Å². The van der Waals surface area contributed by atoms with Crippen molar-refractivity contribution in [3.8, 4) is 11.8 Å². The summed E-state index contributed by atoms with van der Waals surface area (Å²) in [5, 5.41) is 6.11. The minimum Gasteiger partial charge on any atom is -0.494 e. The number of carbonyl (C=O) groups is 1. The zero-order valence-electron chi connectivity index (χ0n) is 24.8. The number of nitrogens with zero attached hydrogens (tertiary/aromatic N) is 4. The molecular formula is C31H39F3N6O3. The molecule has 232 valence electrons. The first-order valence-corrected chi connectivity index (χ1v) is 14.5. The van der Waals surface area contributed by atoms with Crippen LogP contribution in [0.2, 0.25) is 0 Å². The van der Waals surface area contributed by atoms with Crippen LogP contribution in [0.1, 0.15) is 60.9 Å². The molecule has 2 N–H and O–H groups in total. The molecule has 0 spiro atoms. The first-order valence-electron chi connectivity index (χ1n) is 14.5. The second-order valence-corrected chi connectivity index (χ2v) is 11.5. The van der Waals surface area contributed by atoms with Crippen molar-refractivity contribution in [2.75, 3.05) is 44.7 Å². The van der Waals surface area contributed by atoms with E-state index < -0.39 is 18.8 Å². The highest BCUT2D eigenvalue weighted by atomic mass is 19.4. The molecule has 5 heterocycles. The lowest BCUT2D eigenvalue weighted by atomic mass is 9.92. The summed E-state index contributed by atoms with van der Waals surface area (Å²) in [6.45, 7) is 9.03. The molecule has 7 rings (SSSR count). The van der Waals surface area contributed by atoms with E-state index in [1.54, 1.807) is 24.3 Å². The van der Waals surface area contributed by atoms with Gasteiger partial charge < -0.3 is 25.0 Å². The van der Waals surface area contributed by atoms with Crippen molar-refractivity contribution >= 4 is 11.9 Å². The Labute approximate surface area is 250 Å². The highest BCUT2D eigenvalue weighted by molar-refractivity contribution is 5.94. The van der Waals surface area contributed by atoms with E-state index >= 15 is 0 Å². The SMILES string of the molecule is CCCN1CCCOc2ccc(cc2)CNc2nc(nc(OCC(F)(F)F)n2)Cc2ccc(cc2)C(=O)NCC(C)(C)C1. The van der Waals surface area contributed by atoms with Crippen LogP contribution in [0, 0.1) is 5.41 Å². The summed E-state index contributed by atoms with van der Waals surface area (Å²) in [5.74, 6) is 0.889. The van der Waals surface area contributed by atoms with Crippen molar-refractivity contribution in [2.45, 2.75) is 52.8 Å². The Hall–Kier alpha value is -3.93. The number of alkyl halides is 3. The van der Waals surface area contributed by atoms with Crippen LogP contribution >= 0.6 is 0 Å². The van der Waals surface area contributed by atoms with E-state index in [1.165, 1.54) is 0 Å². The number of hydrogen-bond donors (Lipinski definition) is 2. The van der Waals surface area contributed by atoms with E-state index in [4.69, 9.17) is 9.47 Å². The molecule has 0 saturated heterocycles. The second kappa shape index (κ2) is 14.5. The molecule has 0 saturated carbocycles. The fourth-order valence-electron chi connectivity index (χ4n) is 4.76. The van der Waals surface area contributed by atoms with Crippen LogP contribution in [0.5, 0.6) is 11.8 Å². The van der Waals surface area contributed by atoms with Gasteiger partial charge in [-0.1, -0.05) is 45.0 Å². The molecule has 12 heteroatoms. The third-order valence-electron chi connectivity index (χ3n) is 6.78. The van der Waals surface area contributed by atoms with Crippen LogP contribution in [0.15, 0.2) is 48.5 Å². The highest BCUT2D eigenvalue weighted by Gasteiger charge is 2.29. The molecule has 43 heavy (non-hydrogen) atoms. The molecule has 1 amide bonds. The van der Waals surface area contributed by atoms with E-state index in [2.05, 4.69) is 51.3 Å². The van der Waals surface area contributed by atoms with Gasteiger partial charge in [-0.3, -0.25) is 4.79 Å². The maximum atomic E-state index is 12.9. The summed E-state index contributed by atoms with van der Waals surface area (Å²) in [6, 6.07) is 14.1. The van der Waals surface area contributed by atoms with E-state index in [0.717, 1.165) is 49.4 Å². The van der Waals surface area contributed by atoms with Gasteiger partial charge in [-0.15, -0.1) is 0 Å². The lowest BCUT2D eigenvalue weighted by Gasteiger charge is -2.33. The van der Waals surface area contributed by atoms with Gasteiger partial charge in [0.05, 0.1) is 6.61 Å². The maximum absolute atomic E-state index is 12.9. The summed E-state index contributed by atoms with van der Waals surface area (Å²) >= 11 is 0.